The van der Waals surface area contributed by atoms with Crippen molar-refractivity contribution in [1.29, 1.82) is 0 Å². The Morgan fingerprint density at radius 3 is 2.44 bits per heavy atom. The summed E-state index contributed by atoms with van der Waals surface area (Å²) in [7, 11) is 0. The van der Waals surface area contributed by atoms with Gasteiger partial charge in [-0.05, 0) is 23.6 Å². The zero-order valence-corrected chi connectivity index (χ0v) is 14.5. The number of aromatic carboxylic acids is 1. The molecule has 0 spiro atoms. The molecule has 2 aromatic rings. The molecule has 0 fully saturated rings. The van der Waals surface area contributed by atoms with Crippen LogP contribution < -0.4 is 11.1 Å². The van der Waals surface area contributed by atoms with E-state index in [-0.39, 0.29) is 36.4 Å². The van der Waals surface area contributed by atoms with Crippen LogP contribution in [0.25, 0.3) is 0 Å². The van der Waals surface area contributed by atoms with Crippen LogP contribution in [0.3, 0.4) is 0 Å². The average molecular weight is 374 g/mol. The number of aliphatic hydroxyl groups excluding tert-OH is 2. The predicted octanol–water partition coefficient (Wildman–Crippen LogP) is 1.68. The highest BCUT2D eigenvalue weighted by atomic mass is 16.5. The van der Waals surface area contributed by atoms with Crippen LogP contribution in [-0.2, 0) is 11.3 Å². The summed E-state index contributed by atoms with van der Waals surface area (Å²) in [5.41, 5.74) is 6.23. The highest BCUT2D eigenvalue weighted by Crippen LogP contribution is 2.26. The van der Waals surface area contributed by atoms with Gasteiger partial charge in [0, 0.05) is 12.2 Å². The summed E-state index contributed by atoms with van der Waals surface area (Å²) in [6, 6.07) is 13.4. The normalized spacial score (nSPS) is 12.8. The van der Waals surface area contributed by atoms with Gasteiger partial charge in [0.05, 0.1) is 11.7 Å². The molecule has 27 heavy (non-hydrogen) atoms. The van der Waals surface area contributed by atoms with Crippen molar-refractivity contribution >= 4 is 17.7 Å². The van der Waals surface area contributed by atoms with E-state index in [9.17, 15) is 24.9 Å². The van der Waals surface area contributed by atoms with Crippen molar-refractivity contribution in [3.8, 4) is 0 Å². The van der Waals surface area contributed by atoms with Gasteiger partial charge in [0.1, 0.15) is 12.7 Å². The van der Waals surface area contributed by atoms with Crippen molar-refractivity contribution in [2.45, 2.75) is 25.2 Å². The summed E-state index contributed by atoms with van der Waals surface area (Å²) in [4.78, 5) is 23.0. The minimum atomic E-state index is -1.46. The Balaban J connectivity index is 1.83. The number of carboxylic acids is 1. The molecule has 0 saturated heterocycles. The topological polar surface area (TPSA) is 142 Å². The second-order valence-corrected chi connectivity index (χ2v) is 5.91. The maximum atomic E-state index is 11.7. The maximum Gasteiger partial charge on any atom is 0.407 e. The fourth-order valence-corrected chi connectivity index (χ4v) is 2.54. The van der Waals surface area contributed by atoms with Crippen LogP contribution in [0.1, 0.15) is 34.0 Å². The van der Waals surface area contributed by atoms with E-state index in [0.29, 0.717) is 0 Å². The molecule has 2 unspecified atom stereocenters. The van der Waals surface area contributed by atoms with Crippen LogP contribution in [0, 0.1) is 0 Å². The minimum absolute atomic E-state index is 0.00450. The molecule has 0 saturated carbocycles. The van der Waals surface area contributed by atoms with Gasteiger partial charge in [-0.3, -0.25) is 0 Å². The number of rotatable bonds is 8. The number of hydrogen-bond donors (Lipinski definition) is 5. The number of carbonyl (C=O) groups is 2. The molecule has 0 bridgehead atoms. The Labute approximate surface area is 156 Å². The molecule has 0 radical (unpaired) electrons. The number of nitrogens with two attached hydrogens (primary N) is 1. The van der Waals surface area contributed by atoms with Gasteiger partial charge in [0.2, 0.25) is 0 Å². The molecule has 8 nitrogen and oxygen atoms in total. The lowest BCUT2D eigenvalue weighted by Gasteiger charge is -2.20. The van der Waals surface area contributed by atoms with E-state index in [1.54, 1.807) is 0 Å². The van der Waals surface area contributed by atoms with Gasteiger partial charge in [-0.2, -0.15) is 0 Å². The monoisotopic (exact) mass is 374 g/mol. The average Bonchev–Trinajstić information content (AvgIpc) is 2.66. The number of ether oxygens (including phenoxy) is 1. The molecule has 0 heterocycles. The highest BCUT2D eigenvalue weighted by molar-refractivity contribution is 5.95. The molecule has 2 aromatic carbocycles. The second kappa shape index (κ2) is 9.56. The zero-order valence-electron chi connectivity index (χ0n) is 14.5. The second-order valence-electron chi connectivity index (χ2n) is 5.91. The van der Waals surface area contributed by atoms with Gasteiger partial charge < -0.3 is 31.1 Å². The van der Waals surface area contributed by atoms with Crippen molar-refractivity contribution in [1.82, 2.24) is 5.32 Å². The van der Waals surface area contributed by atoms with Crippen LogP contribution in [0.4, 0.5) is 10.5 Å². The third-order valence-corrected chi connectivity index (χ3v) is 3.95. The smallest absolute Gasteiger partial charge is 0.407 e. The molecular weight excluding hydrogens is 352 g/mol. The molecular formula is C19H22N2O6. The Morgan fingerprint density at radius 2 is 1.78 bits per heavy atom. The van der Waals surface area contributed by atoms with E-state index in [2.05, 4.69) is 5.32 Å². The van der Waals surface area contributed by atoms with Gasteiger partial charge in [-0.25, -0.2) is 9.59 Å². The Hall–Kier alpha value is -3.10. The molecule has 0 aliphatic heterocycles. The molecule has 0 aromatic heterocycles. The van der Waals surface area contributed by atoms with Gasteiger partial charge in [0.15, 0.2) is 0 Å². The summed E-state index contributed by atoms with van der Waals surface area (Å²) in [5, 5.41) is 32.1. The number of alkyl carbamates (subject to hydrolysis) is 1. The summed E-state index contributed by atoms with van der Waals surface area (Å²) in [6.45, 7) is 0.152. The number of aliphatic hydroxyl groups is 2. The van der Waals surface area contributed by atoms with Crippen LogP contribution >= 0.6 is 0 Å². The van der Waals surface area contributed by atoms with Gasteiger partial charge >= 0.3 is 12.1 Å². The number of nitrogens with one attached hydrogen (secondary N) is 1. The van der Waals surface area contributed by atoms with Crippen molar-refractivity contribution in [3.05, 3.63) is 65.2 Å². The first kappa shape index (κ1) is 20.2. The van der Waals surface area contributed by atoms with E-state index >= 15 is 0 Å². The molecule has 0 aliphatic carbocycles. The molecule has 2 rings (SSSR count). The van der Waals surface area contributed by atoms with Gasteiger partial charge in [0.25, 0.3) is 0 Å². The Morgan fingerprint density at radius 1 is 1.07 bits per heavy atom. The number of carboxylic acid groups (broad SMARTS) is 1. The number of carbonyl (C=O) groups excluding carboxylic acids is 1. The van der Waals surface area contributed by atoms with Crippen LogP contribution in [0.5, 0.6) is 0 Å². The van der Waals surface area contributed by atoms with E-state index < -0.39 is 24.3 Å². The van der Waals surface area contributed by atoms with E-state index in [1.807, 2.05) is 30.3 Å². The molecule has 8 heteroatoms. The maximum absolute atomic E-state index is 11.7. The van der Waals surface area contributed by atoms with E-state index in [1.165, 1.54) is 18.2 Å². The summed E-state index contributed by atoms with van der Waals surface area (Å²) in [6.07, 6.45) is -3.41. The fraction of sp³-hybridized carbons (Fsp3) is 0.263. The van der Waals surface area contributed by atoms with Crippen molar-refractivity contribution in [2.75, 3.05) is 12.3 Å². The number of hydrogen-bond acceptors (Lipinski definition) is 6. The Kier molecular flexibility index (Phi) is 7.16. The summed E-state index contributed by atoms with van der Waals surface area (Å²) < 4.78 is 5.03. The number of amides is 1. The van der Waals surface area contributed by atoms with Crippen molar-refractivity contribution in [3.63, 3.8) is 0 Å². The zero-order chi connectivity index (χ0) is 19.8. The van der Waals surface area contributed by atoms with Crippen molar-refractivity contribution < 1.29 is 29.6 Å². The standard InChI is InChI=1S/C19H22N2O6/c20-14-8-4-7-13(16(14)18(24)25)17(23)15(22)9-10-21-19(26)27-11-12-5-2-1-3-6-12/h1-8,15,17,22-23H,9-11,20H2,(H,21,26)(H,24,25). The summed E-state index contributed by atoms with van der Waals surface area (Å²) in [5.74, 6) is -1.29. The first-order valence-corrected chi connectivity index (χ1v) is 8.32. The third-order valence-electron chi connectivity index (χ3n) is 3.95. The number of anilines is 1. The molecule has 1 amide bonds. The first-order valence-electron chi connectivity index (χ1n) is 8.32. The van der Waals surface area contributed by atoms with E-state index in [4.69, 9.17) is 10.5 Å². The lowest BCUT2D eigenvalue weighted by molar-refractivity contribution is 0.0128. The van der Waals surface area contributed by atoms with E-state index in [0.717, 1.165) is 5.56 Å². The number of benzene rings is 2. The molecule has 144 valence electrons. The van der Waals surface area contributed by atoms with Crippen LogP contribution in [0.15, 0.2) is 48.5 Å². The first-order chi connectivity index (χ1) is 12.9. The largest absolute Gasteiger partial charge is 0.478 e. The Bertz CT molecular complexity index is 781. The van der Waals surface area contributed by atoms with Gasteiger partial charge in [-0.1, -0.05) is 42.5 Å². The molecule has 2 atom stereocenters. The van der Waals surface area contributed by atoms with Gasteiger partial charge in [-0.15, -0.1) is 0 Å². The predicted molar refractivity (Wildman–Crippen MR) is 98.0 cm³/mol. The molecule has 0 aliphatic rings. The SMILES string of the molecule is Nc1cccc(C(O)C(O)CCNC(=O)OCc2ccccc2)c1C(=O)O. The van der Waals surface area contributed by atoms with Crippen molar-refractivity contribution in [2.24, 2.45) is 0 Å². The minimum Gasteiger partial charge on any atom is -0.478 e. The lowest BCUT2D eigenvalue weighted by atomic mass is 9.96. The highest BCUT2D eigenvalue weighted by Gasteiger charge is 2.25. The third kappa shape index (κ3) is 5.70. The number of nitrogen functional groups attached to an aromatic ring is 1. The molecule has 6 N–H and O–H groups in total. The fourth-order valence-electron chi connectivity index (χ4n) is 2.54. The lowest BCUT2D eigenvalue weighted by Crippen LogP contribution is -2.30. The summed E-state index contributed by atoms with van der Waals surface area (Å²) >= 11 is 0. The van der Waals surface area contributed by atoms with Crippen LogP contribution in [0.2, 0.25) is 0 Å². The van der Waals surface area contributed by atoms with Crippen LogP contribution in [-0.4, -0.2) is 40.0 Å². The quantitative estimate of drug-likeness (QED) is 0.442.